The van der Waals surface area contributed by atoms with Crippen LogP contribution in [0.25, 0.3) is 0 Å². The smallest absolute Gasteiger partial charge is 0.114 e. The van der Waals surface area contributed by atoms with Gasteiger partial charge in [0, 0.05) is 11.9 Å². The lowest BCUT2D eigenvalue weighted by Crippen LogP contribution is -1.86. The highest BCUT2D eigenvalue weighted by Crippen LogP contribution is 1.99. The first-order chi connectivity index (χ1) is 4.33. The highest BCUT2D eigenvalue weighted by Gasteiger charge is 1.85. The summed E-state index contributed by atoms with van der Waals surface area (Å²) in [5, 5.41) is 0. The second kappa shape index (κ2) is 2.19. The summed E-state index contributed by atoms with van der Waals surface area (Å²) in [5.41, 5.74) is 6.63. The fraction of sp³-hybridized carbons (Fsp3) is 0. The summed E-state index contributed by atoms with van der Waals surface area (Å²) in [4.78, 5) is 3.84. The van der Waals surface area contributed by atoms with E-state index in [2.05, 4.69) is 10.9 Å². The van der Waals surface area contributed by atoms with Gasteiger partial charge in [0.2, 0.25) is 0 Å². The molecule has 2 heteroatoms. The van der Waals surface area contributed by atoms with Crippen molar-refractivity contribution >= 4 is 5.69 Å². The molecule has 44 valence electrons. The van der Waals surface area contributed by atoms with Crippen LogP contribution in [0.3, 0.4) is 0 Å². The summed E-state index contributed by atoms with van der Waals surface area (Å²) in [6.45, 7) is 0. The molecule has 0 aliphatic carbocycles. The number of rotatable bonds is 0. The number of anilines is 1. The first kappa shape index (κ1) is 5.64. The van der Waals surface area contributed by atoms with E-state index in [4.69, 9.17) is 12.2 Å². The molecule has 0 amide bonds. The zero-order chi connectivity index (χ0) is 6.69. The van der Waals surface area contributed by atoms with E-state index in [1.165, 1.54) is 0 Å². The molecular formula is C7H6N2. The summed E-state index contributed by atoms with van der Waals surface area (Å²) < 4.78 is 0. The molecule has 1 rings (SSSR count). The average Bonchev–Trinajstić information content (AvgIpc) is 1.88. The second-order valence-electron chi connectivity index (χ2n) is 1.62. The standard InChI is InChI=1S/C7H6N2/c1-2-7-5-6(8)3-4-9-7/h1,3-5H,(H2,8,9). The van der Waals surface area contributed by atoms with Gasteiger partial charge in [0.15, 0.2) is 0 Å². The molecule has 0 saturated heterocycles. The topological polar surface area (TPSA) is 38.9 Å². The molecule has 0 radical (unpaired) electrons. The lowest BCUT2D eigenvalue weighted by atomic mass is 10.3. The summed E-state index contributed by atoms with van der Waals surface area (Å²) >= 11 is 0. The van der Waals surface area contributed by atoms with Crippen LogP contribution in [-0.4, -0.2) is 4.98 Å². The van der Waals surface area contributed by atoms with E-state index >= 15 is 0 Å². The quantitative estimate of drug-likeness (QED) is 0.508. The normalized spacial score (nSPS) is 8.33. The maximum atomic E-state index is 5.40. The van der Waals surface area contributed by atoms with Crippen molar-refractivity contribution in [1.29, 1.82) is 0 Å². The molecule has 0 aromatic carbocycles. The molecule has 1 aromatic heterocycles. The van der Waals surface area contributed by atoms with Crippen LogP contribution in [-0.2, 0) is 0 Å². The minimum atomic E-state index is 0.579. The highest BCUT2D eigenvalue weighted by molar-refractivity contribution is 5.41. The first-order valence-electron chi connectivity index (χ1n) is 2.51. The minimum absolute atomic E-state index is 0.579. The van der Waals surface area contributed by atoms with Crippen LogP contribution in [0.4, 0.5) is 5.69 Å². The van der Waals surface area contributed by atoms with Gasteiger partial charge in [0.05, 0.1) is 0 Å². The lowest BCUT2D eigenvalue weighted by Gasteiger charge is -1.89. The summed E-state index contributed by atoms with van der Waals surface area (Å²) in [6, 6.07) is 3.35. The largest absolute Gasteiger partial charge is 0.399 e. The van der Waals surface area contributed by atoms with Crippen LogP contribution in [0.15, 0.2) is 18.3 Å². The number of pyridine rings is 1. The van der Waals surface area contributed by atoms with Crippen molar-refractivity contribution in [2.75, 3.05) is 5.73 Å². The van der Waals surface area contributed by atoms with E-state index in [9.17, 15) is 0 Å². The van der Waals surface area contributed by atoms with Gasteiger partial charge in [0.25, 0.3) is 0 Å². The Balaban J connectivity index is 3.12. The van der Waals surface area contributed by atoms with Crippen LogP contribution in [0.2, 0.25) is 0 Å². The van der Waals surface area contributed by atoms with Crippen LogP contribution in [0.5, 0.6) is 0 Å². The van der Waals surface area contributed by atoms with Crippen molar-refractivity contribution in [3.05, 3.63) is 24.0 Å². The van der Waals surface area contributed by atoms with Crippen LogP contribution >= 0.6 is 0 Å². The van der Waals surface area contributed by atoms with Gasteiger partial charge in [-0.2, -0.15) is 0 Å². The molecular weight excluding hydrogens is 112 g/mol. The molecule has 0 bridgehead atoms. The Morgan fingerprint density at radius 3 is 2.89 bits per heavy atom. The van der Waals surface area contributed by atoms with E-state index < -0.39 is 0 Å². The third-order valence-electron chi connectivity index (χ3n) is 0.932. The van der Waals surface area contributed by atoms with Gasteiger partial charge < -0.3 is 5.73 Å². The molecule has 1 aromatic rings. The zero-order valence-corrected chi connectivity index (χ0v) is 4.83. The predicted molar refractivity (Wildman–Crippen MR) is 36.6 cm³/mol. The number of aromatic nitrogens is 1. The van der Waals surface area contributed by atoms with Gasteiger partial charge in [-0.25, -0.2) is 4.98 Å². The van der Waals surface area contributed by atoms with Crippen LogP contribution in [0, 0.1) is 12.3 Å². The Hall–Kier alpha value is -1.49. The van der Waals surface area contributed by atoms with Crippen molar-refractivity contribution in [3.8, 4) is 12.3 Å². The van der Waals surface area contributed by atoms with Gasteiger partial charge in [-0.3, -0.25) is 0 Å². The number of nitrogens with zero attached hydrogens (tertiary/aromatic N) is 1. The number of terminal acetylenes is 1. The Morgan fingerprint density at radius 2 is 2.44 bits per heavy atom. The van der Waals surface area contributed by atoms with Gasteiger partial charge in [-0.15, -0.1) is 6.42 Å². The molecule has 1 heterocycles. The van der Waals surface area contributed by atoms with Gasteiger partial charge in [-0.1, -0.05) is 5.92 Å². The number of nitrogen functional groups attached to an aromatic ring is 1. The molecule has 9 heavy (non-hydrogen) atoms. The molecule has 0 unspecified atom stereocenters. The van der Waals surface area contributed by atoms with Crippen molar-refractivity contribution < 1.29 is 0 Å². The summed E-state index contributed by atoms with van der Waals surface area (Å²) in [7, 11) is 0. The van der Waals surface area contributed by atoms with Crippen LogP contribution in [0.1, 0.15) is 5.69 Å². The Morgan fingerprint density at radius 1 is 1.67 bits per heavy atom. The maximum Gasteiger partial charge on any atom is 0.114 e. The first-order valence-corrected chi connectivity index (χ1v) is 2.51. The van der Waals surface area contributed by atoms with E-state index in [-0.39, 0.29) is 0 Å². The molecule has 0 atom stereocenters. The molecule has 0 aliphatic rings. The Labute approximate surface area is 53.7 Å². The number of hydrogen-bond donors (Lipinski definition) is 1. The average molecular weight is 118 g/mol. The van der Waals surface area contributed by atoms with E-state index in [0.29, 0.717) is 11.4 Å². The predicted octanol–water partition coefficient (Wildman–Crippen LogP) is 0.645. The molecule has 2 N–H and O–H groups in total. The van der Waals surface area contributed by atoms with E-state index in [0.717, 1.165) is 0 Å². The lowest BCUT2D eigenvalue weighted by molar-refractivity contribution is 1.29. The van der Waals surface area contributed by atoms with E-state index in [1.807, 2.05) is 0 Å². The molecule has 0 spiro atoms. The zero-order valence-electron chi connectivity index (χ0n) is 4.83. The van der Waals surface area contributed by atoms with E-state index in [1.54, 1.807) is 18.3 Å². The number of nitrogens with two attached hydrogens (primary N) is 1. The fourth-order valence-corrected chi connectivity index (χ4v) is 0.526. The van der Waals surface area contributed by atoms with Gasteiger partial charge >= 0.3 is 0 Å². The minimum Gasteiger partial charge on any atom is -0.399 e. The van der Waals surface area contributed by atoms with Gasteiger partial charge in [-0.05, 0) is 12.1 Å². The summed E-state index contributed by atoms with van der Waals surface area (Å²) in [5.74, 6) is 2.38. The SMILES string of the molecule is C#Cc1cc(N)ccn1. The Kier molecular flexibility index (Phi) is 1.37. The Bertz CT molecular complexity index is 247. The van der Waals surface area contributed by atoms with Crippen LogP contribution < -0.4 is 5.73 Å². The third kappa shape index (κ3) is 1.20. The monoisotopic (exact) mass is 118 g/mol. The maximum absolute atomic E-state index is 5.40. The highest BCUT2D eigenvalue weighted by atomic mass is 14.7. The molecule has 0 aliphatic heterocycles. The van der Waals surface area contributed by atoms with Crippen molar-refractivity contribution in [2.24, 2.45) is 0 Å². The van der Waals surface area contributed by atoms with Crippen molar-refractivity contribution in [1.82, 2.24) is 4.98 Å². The fourth-order valence-electron chi connectivity index (χ4n) is 0.526. The van der Waals surface area contributed by atoms with Gasteiger partial charge in [0.1, 0.15) is 5.69 Å². The van der Waals surface area contributed by atoms with Crippen molar-refractivity contribution in [3.63, 3.8) is 0 Å². The number of hydrogen-bond acceptors (Lipinski definition) is 2. The van der Waals surface area contributed by atoms with Crippen molar-refractivity contribution in [2.45, 2.75) is 0 Å². The summed E-state index contributed by atoms with van der Waals surface area (Å²) in [6.07, 6.45) is 6.64. The molecule has 0 saturated carbocycles. The second-order valence-corrected chi connectivity index (χ2v) is 1.62. The molecule has 0 fully saturated rings. The molecule has 2 nitrogen and oxygen atoms in total. The third-order valence-corrected chi connectivity index (χ3v) is 0.932.